The number of carboxylic acid groups (broad SMARTS) is 1. The maximum Gasteiger partial charge on any atom is 0.411 e. The second kappa shape index (κ2) is 5.60. The Kier molecular flexibility index (Phi) is 4.22. The lowest BCUT2D eigenvalue weighted by atomic mass is 9.97. The molecular weight excluding hydrogens is 262 g/mol. The summed E-state index contributed by atoms with van der Waals surface area (Å²) in [6.07, 6.45) is 1.83. The monoisotopic (exact) mass is 285 g/mol. The first-order valence-electron chi connectivity index (χ1n) is 7.11. The van der Waals surface area contributed by atoms with Gasteiger partial charge in [0, 0.05) is 18.6 Å². The second-order valence-corrected chi connectivity index (χ2v) is 6.53. The number of hydrogen-bond donors (Lipinski definition) is 1. The van der Waals surface area contributed by atoms with E-state index in [0.717, 1.165) is 12.8 Å². The van der Waals surface area contributed by atoms with Gasteiger partial charge < -0.3 is 14.6 Å². The zero-order valence-electron chi connectivity index (χ0n) is 12.3. The van der Waals surface area contributed by atoms with Gasteiger partial charge >= 0.3 is 12.1 Å². The molecule has 2 atom stereocenters. The fourth-order valence-electron chi connectivity index (χ4n) is 2.51. The summed E-state index contributed by atoms with van der Waals surface area (Å²) in [5.41, 5.74) is -0.626. The smallest absolute Gasteiger partial charge is 0.411 e. The molecule has 0 bridgehead atoms. The molecule has 1 aliphatic carbocycles. The van der Waals surface area contributed by atoms with Crippen LogP contribution in [0.25, 0.3) is 0 Å². The van der Waals surface area contributed by atoms with E-state index in [0.29, 0.717) is 19.6 Å². The van der Waals surface area contributed by atoms with Crippen molar-refractivity contribution in [3.63, 3.8) is 0 Å². The Hall–Kier alpha value is -1.30. The summed E-state index contributed by atoms with van der Waals surface area (Å²) in [5, 5.41) is 9.52. The van der Waals surface area contributed by atoms with Crippen molar-refractivity contribution >= 4 is 12.1 Å². The predicted octanol–water partition coefficient (Wildman–Crippen LogP) is 1.88. The maximum absolute atomic E-state index is 12.3. The van der Waals surface area contributed by atoms with Crippen LogP contribution < -0.4 is 0 Å². The molecular formula is C14H23NO5. The van der Waals surface area contributed by atoms with E-state index in [1.807, 2.05) is 0 Å². The fraction of sp³-hybridized carbons (Fsp3) is 0.857. The van der Waals surface area contributed by atoms with Crippen LogP contribution in [0.15, 0.2) is 0 Å². The van der Waals surface area contributed by atoms with Crippen molar-refractivity contribution in [3.8, 4) is 0 Å². The van der Waals surface area contributed by atoms with Gasteiger partial charge in [-0.2, -0.15) is 0 Å². The minimum Gasteiger partial charge on any atom is -0.480 e. The van der Waals surface area contributed by atoms with Crippen molar-refractivity contribution in [1.82, 2.24) is 4.90 Å². The van der Waals surface area contributed by atoms with Crippen molar-refractivity contribution in [2.24, 2.45) is 5.92 Å². The number of amides is 1. The summed E-state index contributed by atoms with van der Waals surface area (Å²) >= 11 is 0. The lowest BCUT2D eigenvalue weighted by molar-refractivity contribution is -0.145. The van der Waals surface area contributed by atoms with Gasteiger partial charge in [0.2, 0.25) is 0 Å². The van der Waals surface area contributed by atoms with Gasteiger partial charge in [-0.25, -0.2) is 9.59 Å². The summed E-state index contributed by atoms with van der Waals surface area (Å²) in [7, 11) is 0. The van der Waals surface area contributed by atoms with E-state index in [1.54, 1.807) is 20.8 Å². The molecule has 1 amide bonds. The molecule has 0 aromatic heterocycles. The van der Waals surface area contributed by atoms with Gasteiger partial charge in [0.05, 0.1) is 6.61 Å². The first-order chi connectivity index (χ1) is 9.29. The van der Waals surface area contributed by atoms with E-state index in [1.165, 1.54) is 4.90 Å². The topological polar surface area (TPSA) is 76.1 Å². The van der Waals surface area contributed by atoms with Crippen molar-refractivity contribution in [1.29, 1.82) is 0 Å². The molecule has 2 aliphatic rings. The SMILES string of the molecule is CC(C)(C)OC(=O)N(C1CC1)C(C(=O)O)C1CCOC1. The molecule has 6 heteroatoms. The summed E-state index contributed by atoms with van der Waals surface area (Å²) in [6.45, 7) is 6.30. The Bertz CT molecular complexity index is 380. The van der Waals surface area contributed by atoms with Crippen molar-refractivity contribution in [3.05, 3.63) is 0 Å². The number of aliphatic carboxylic acids is 1. The van der Waals surface area contributed by atoms with Crippen LogP contribution >= 0.6 is 0 Å². The van der Waals surface area contributed by atoms with Crippen LogP contribution in [0.1, 0.15) is 40.0 Å². The molecule has 0 radical (unpaired) electrons. The van der Waals surface area contributed by atoms with Crippen LogP contribution in [-0.4, -0.2) is 53.0 Å². The molecule has 1 heterocycles. The quantitative estimate of drug-likeness (QED) is 0.853. The van der Waals surface area contributed by atoms with Crippen LogP contribution in [0.3, 0.4) is 0 Å². The zero-order chi connectivity index (χ0) is 14.9. The number of nitrogens with zero attached hydrogens (tertiary/aromatic N) is 1. The van der Waals surface area contributed by atoms with E-state index in [9.17, 15) is 14.7 Å². The molecule has 0 spiro atoms. The third-order valence-electron chi connectivity index (χ3n) is 3.51. The highest BCUT2D eigenvalue weighted by Crippen LogP contribution is 2.34. The van der Waals surface area contributed by atoms with Crippen molar-refractivity contribution in [2.75, 3.05) is 13.2 Å². The lowest BCUT2D eigenvalue weighted by Crippen LogP contribution is -2.52. The van der Waals surface area contributed by atoms with Crippen LogP contribution in [0.5, 0.6) is 0 Å². The minimum atomic E-state index is -0.974. The molecule has 20 heavy (non-hydrogen) atoms. The average Bonchev–Trinajstić information content (AvgIpc) is 2.98. The zero-order valence-corrected chi connectivity index (χ0v) is 12.3. The van der Waals surface area contributed by atoms with E-state index in [2.05, 4.69) is 0 Å². The molecule has 0 aromatic rings. The van der Waals surface area contributed by atoms with Gasteiger partial charge in [0.15, 0.2) is 0 Å². The molecule has 1 aliphatic heterocycles. The Labute approximate surface area is 119 Å². The standard InChI is InChI=1S/C14H23NO5/c1-14(2,3)20-13(18)15(10-4-5-10)11(12(16)17)9-6-7-19-8-9/h9-11H,4-8H2,1-3H3,(H,16,17). The first-order valence-corrected chi connectivity index (χ1v) is 7.11. The Morgan fingerprint density at radius 3 is 2.35 bits per heavy atom. The van der Waals surface area contributed by atoms with E-state index < -0.39 is 23.7 Å². The van der Waals surface area contributed by atoms with Gasteiger partial charge in [-0.3, -0.25) is 4.90 Å². The summed E-state index contributed by atoms with van der Waals surface area (Å²) < 4.78 is 10.7. The second-order valence-electron chi connectivity index (χ2n) is 6.53. The lowest BCUT2D eigenvalue weighted by Gasteiger charge is -2.33. The summed E-state index contributed by atoms with van der Waals surface area (Å²) in [5.74, 6) is -1.13. The third-order valence-corrected chi connectivity index (χ3v) is 3.51. The van der Waals surface area contributed by atoms with Gasteiger partial charge in [0.25, 0.3) is 0 Å². The Morgan fingerprint density at radius 1 is 1.30 bits per heavy atom. The summed E-state index contributed by atoms with van der Waals surface area (Å²) in [6, 6.07) is -0.855. The van der Waals surface area contributed by atoms with E-state index >= 15 is 0 Å². The van der Waals surface area contributed by atoms with Crippen molar-refractivity contribution in [2.45, 2.75) is 57.7 Å². The molecule has 2 fully saturated rings. The van der Waals surface area contributed by atoms with Gasteiger partial charge in [0.1, 0.15) is 11.6 Å². The predicted molar refractivity (Wildman–Crippen MR) is 71.4 cm³/mol. The minimum absolute atomic E-state index is 0.00782. The number of rotatable bonds is 4. The van der Waals surface area contributed by atoms with Gasteiger partial charge in [-0.1, -0.05) is 0 Å². The van der Waals surface area contributed by atoms with Crippen LogP contribution in [-0.2, 0) is 14.3 Å². The van der Waals surface area contributed by atoms with E-state index in [-0.39, 0.29) is 12.0 Å². The highest BCUT2D eigenvalue weighted by molar-refractivity contribution is 5.81. The van der Waals surface area contributed by atoms with Crippen LogP contribution in [0.4, 0.5) is 4.79 Å². The van der Waals surface area contributed by atoms with Gasteiger partial charge in [-0.05, 0) is 40.0 Å². The number of carbonyl (C=O) groups is 2. The average molecular weight is 285 g/mol. The number of carboxylic acids is 1. The summed E-state index contributed by atoms with van der Waals surface area (Å²) in [4.78, 5) is 25.4. The normalized spacial score (nSPS) is 24.2. The van der Waals surface area contributed by atoms with E-state index in [4.69, 9.17) is 9.47 Å². The van der Waals surface area contributed by atoms with Crippen LogP contribution in [0, 0.1) is 5.92 Å². The largest absolute Gasteiger partial charge is 0.480 e. The van der Waals surface area contributed by atoms with Crippen LogP contribution in [0.2, 0.25) is 0 Å². The molecule has 6 nitrogen and oxygen atoms in total. The van der Waals surface area contributed by atoms with Crippen molar-refractivity contribution < 1.29 is 24.2 Å². The maximum atomic E-state index is 12.3. The first kappa shape index (κ1) is 15.1. The molecule has 2 rings (SSSR count). The van der Waals surface area contributed by atoms with Gasteiger partial charge in [-0.15, -0.1) is 0 Å². The third kappa shape index (κ3) is 3.62. The Balaban J connectivity index is 2.16. The number of carbonyl (C=O) groups excluding carboxylic acids is 1. The Morgan fingerprint density at radius 2 is 1.95 bits per heavy atom. The molecule has 1 saturated carbocycles. The highest BCUT2D eigenvalue weighted by Gasteiger charge is 2.46. The number of hydrogen-bond acceptors (Lipinski definition) is 4. The molecule has 2 unspecified atom stereocenters. The molecule has 1 saturated heterocycles. The fourth-order valence-corrected chi connectivity index (χ4v) is 2.51. The number of ether oxygens (including phenoxy) is 2. The molecule has 1 N–H and O–H groups in total. The molecule has 114 valence electrons. The highest BCUT2D eigenvalue weighted by atomic mass is 16.6. The molecule has 0 aromatic carbocycles.